The number of hydrogen-bond donors (Lipinski definition) is 2. The van der Waals surface area contributed by atoms with Crippen LogP contribution in [0.5, 0.6) is 0 Å². The van der Waals surface area contributed by atoms with Gasteiger partial charge in [0.25, 0.3) is 0 Å². The fraction of sp³-hybridized carbons (Fsp3) is 0.800. The van der Waals surface area contributed by atoms with Gasteiger partial charge in [0.2, 0.25) is 0 Å². The Morgan fingerprint density at radius 2 is 2.22 bits per heavy atom. The molecule has 0 saturated carbocycles. The Hall–Kier alpha value is -0.610. The fourth-order valence-corrected chi connectivity index (χ4v) is 0.622. The molecule has 1 rings (SSSR count). The summed E-state index contributed by atoms with van der Waals surface area (Å²) in [5, 5.41) is 21.2. The van der Waals surface area contributed by atoms with Gasteiger partial charge < -0.3 is 15.1 Å². The van der Waals surface area contributed by atoms with Crippen LogP contribution >= 0.6 is 0 Å². The van der Waals surface area contributed by atoms with Crippen LogP contribution in [0.1, 0.15) is 6.92 Å². The van der Waals surface area contributed by atoms with Gasteiger partial charge in [-0.25, -0.2) is 0 Å². The summed E-state index contributed by atoms with van der Waals surface area (Å²) in [6.07, 6.45) is -0.966. The zero-order valence-electron chi connectivity index (χ0n) is 5.06. The number of nitrogens with zero attached hydrogens (tertiary/aromatic N) is 1. The molecule has 9 heavy (non-hydrogen) atoms. The van der Waals surface area contributed by atoms with Gasteiger partial charge in [0.05, 0.1) is 6.21 Å². The molecule has 0 aliphatic carbocycles. The van der Waals surface area contributed by atoms with E-state index < -0.39 is 18.3 Å². The molecule has 0 unspecified atom stereocenters. The molecule has 0 aromatic carbocycles. The van der Waals surface area contributed by atoms with Crippen LogP contribution in [-0.2, 0) is 4.84 Å². The number of rotatable bonds is 0. The minimum atomic E-state index is -0.881. The molecule has 0 bridgehead atoms. The van der Waals surface area contributed by atoms with Crippen molar-refractivity contribution in [2.24, 2.45) is 5.16 Å². The normalized spacial score (nSPS) is 42.3. The topological polar surface area (TPSA) is 62.0 Å². The Morgan fingerprint density at radius 1 is 1.56 bits per heavy atom. The van der Waals surface area contributed by atoms with Crippen molar-refractivity contribution in [3.8, 4) is 0 Å². The van der Waals surface area contributed by atoms with Crippen molar-refractivity contribution in [1.29, 1.82) is 0 Å². The molecule has 3 atom stereocenters. The maximum Gasteiger partial charge on any atom is 0.153 e. The van der Waals surface area contributed by atoms with Crippen LogP contribution in [0.25, 0.3) is 0 Å². The van der Waals surface area contributed by atoms with Crippen molar-refractivity contribution < 1.29 is 15.1 Å². The second-order valence-corrected chi connectivity index (χ2v) is 2.05. The lowest BCUT2D eigenvalue weighted by Gasteiger charge is -2.22. The van der Waals surface area contributed by atoms with E-state index in [0.717, 1.165) is 0 Å². The summed E-state index contributed by atoms with van der Waals surface area (Å²) < 4.78 is 0. The molecule has 1 heterocycles. The van der Waals surface area contributed by atoms with Gasteiger partial charge in [-0.2, -0.15) is 0 Å². The first-order valence-electron chi connectivity index (χ1n) is 2.77. The highest BCUT2D eigenvalue weighted by atomic mass is 16.6. The predicted octanol–water partition coefficient (Wildman–Crippen LogP) is -0.887. The maximum atomic E-state index is 8.98. The summed E-state index contributed by atoms with van der Waals surface area (Å²) >= 11 is 0. The van der Waals surface area contributed by atoms with Crippen LogP contribution in [0.3, 0.4) is 0 Å². The summed E-state index contributed by atoms with van der Waals surface area (Å²) in [6.45, 7) is 1.64. The van der Waals surface area contributed by atoms with E-state index in [4.69, 9.17) is 10.2 Å². The highest BCUT2D eigenvalue weighted by molar-refractivity contribution is 5.63. The molecule has 0 spiro atoms. The highest BCUT2D eigenvalue weighted by Gasteiger charge is 2.26. The largest absolute Gasteiger partial charge is 0.390 e. The van der Waals surface area contributed by atoms with Crippen LogP contribution in [0.15, 0.2) is 5.16 Å². The zero-order chi connectivity index (χ0) is 6.85. The minimum absolute atomic E-state index is 0.412. The average Bonchev–Trinajstić information content (AvgIpc) is 1.83. The Labute approximate surface area is 52.7 Å². The van der Waals surface area contributed by atoms with Crippen molar-refractivity contribution in [2.75, 3.05) is 0 Å². The smallest absolute Gasteiger partial charge is 0.153 e. The van der Waals surface area contributed by atoms with Gasteiger partial charge >= 0.3 is 0 Å². The number of aliphatic hydroxyl groups is 2. The fourth-order valence-electron chi connectivity index (χ4n) is 0.622. The first-order valence-corrected chi connectivity index (χ1v) is 2.77. The first kappa shape index (κ1) is 6.51. The molecule has 52 valence electrons. The van der Waals surface area contributed by atoms with Crippen molar-refractivity contribution >= 4 is 6.21 Å². The third-order valence-electron chi connectivity index (χ3n) is 1.27. The van der Waals surface area contributed by atoms with Crippen LogP contribution in [-0.4, -0.2) is 34.7 Å². The molecule has 4 nitrogen and oxygen atoms in total. The molecule has 0 aromatic heterocycles. The van der Waals surface area contributed by atoms with E-state index in [2.05, 4.69) is 9.99 Å². The summed E-state index contributed by atoms with van der Waals surface area (Å²) in [5.41, 5.74) is 0. The quantitative estimate of drug-likeness (QED) is 0.448. The van der Waals surface area contributed by atoms with E-state index in [1.165, 1.54) is 6.21 Å². The average molecular weight is 131 g/mol. The maximum absolute atomic E-state index is 8.98. The van der Waals surface area contributed by atoms with Crippen LogP contribution < -0.4 is 0 Å². The predicted molar refractivity (Wildman–Crippen MR) is 31.1 cm³/mol. The summed E-state index contributed by atoms with van der Waals surface area (Å²) in [6, 6.07) is 0. The Bertz CT molecular complexity index is 125. The molecule has 0 amide bonds. The van der Waals surface area contributed by atoms with Crippen LogP contribution in [0.2, 0.25) is 0 Å². The van der Waals surface area contributed by atoms with Crippen molar-refractivity contribution in [1.82, 2.24) is 0 Å². The second-order valence-electron chi connectivity index (χ2n) is 2.05. The molecule has 0 radical (unpaired) electrons. The van der Waals surface area contributed by atoms with Gasteiger partial charge in [0.15, 0.2) is 6.10 Å². The Balaban J connectivity index is 2.58. The standard InChI is InChI=1S/C5H9NO3/c1-3-5(8)4(7)2-6-9-3/h2-5,7-8H,1H3/t3-,4-,5+/m0/s1. The first-order chi connectivity index (χ1) is 4.22. The third kappa shape index (κ3) is 1.20. The monoisotopic (exact) mass is 131 g/mol. The van der Waals surface area contributed by atoms with Crippen molar-refractivity contribution in [2.45, 2.75) is 25.2 Å². The van der Waals surface area contributed by atoms with E-state index in [0.29, 0.717) is 0 Å². The van der Waals surface area contributed by atoms with E-state index in [1.54, 1.807) is 6.92 Å². The molecule has 0 aromatic rings. The van der Waals surface area contributed by atoms with Gasteiger partial charge in [0, 0.05) is 0 Å². The molecular formula is C5H9NO3. The number of hydrogen-bond acceptors (Lipinski definition) is 4. The summed E-state index contributed by atoms with van der Waals surface area (Å²) in [4.78, 5) is 4.62. The number of aliphatic hydroxyl groups excluding tert-OH is 2. The van der Waals surface area contributed by atoms with E-state index >= 15 is 0 Å². The van der Waals surface area contributed by atoms with Gasteiger partial charge in [-0.3, -0.25) is 0 Å². The lowest BCUT2D eigenvalue weighted by Crippen LogP contribution is -2.40. The van der Waals surface area contributed by atoms with Gasteiger partial charge in [0.1, 0.15) is 12.2 Å². The SMILES string of the molecule is C[C@@H]1ON=C[C@H](O)[C@@H]1O. The van der Waals surface area contributed by atoms with E-state index in [1.807, 2.05) is 0 Å². The molecule has 0 fully saturated rings. The van der Waals surface area contributed by atoms with Crippen molar-refractivity contribution in [3.05, 3.63) is 0 Å². The van der Waals surface area contributed by atoms with Gasteiger partial charge in [-0.15, -0.1) is 0 Å². The third-order valence-corrected chi connectivity index (χ3v) is 1.27. The van der Waals surface area contributed by atoms with E-state index in [9.17, 15) is 0 Å². The minimum Gasteiger partial charge on any atom is -0.390 e. The molecule has 1 aliphatic heterocycles. The molecule has 0 saturated heterocycles. The number of oxime groups is 1. The molecule has 1 aliphatic rings. The van der Waals surface area contributed by atoms with Crippen LogP contribution in [0.4, 0.5) is 0 Å². The summed E-state index contributed by atoms with van der Waals surface area (Å²) in [5.74, 6) is 0. The molecule has 4 heteroatoms. The van der Waals surface area contributed by atoms with Gasteiger partial charge in [-0.05, 0) is 6.92 Å². The Kier molecular flexibility index (Phi) is 1.68. The van der Waals surface area contributed by atoms with E-state index in [-0.39, 0.29) is 0 Å². The van der Waals surface area contributed by atoms with Crippen LogP contribution in [0, 0.1) is 0 Å². The van der Waals surface area contributed by atoms with Gasteiger partial charge in [-0.1, -0.05) is 5.16 Å². The molecular weight excluding hydrogens is 122 g/mol. The lowest BCUT2D eigenvalue weighted by atomic mass is 10.1. The zero-order valence-corrected chi connectivity index (χ0v) is 5.06. The highest BCUT2D eigenvalue weighted by Crippen LogP contribution is 2.07. The Morgan fingerprint density at radius 3 is 2.67 bits per heavy atom. The lowest BCUT2D eigenvalue weighted by molar-refractivity contribution is -0.0764. The van der Waals surface area contributed by atoms with Crippen molar-refractivity contribution in [3.63, 3.8) is 0 Å². The molecule has 2 N–H and O–H groups in total. The summed E-state index contributed by atoms with van der Waals surface area (Å²) in [7, 11) is 0. The second kappa shape index (κ2) is 2.33.